The number of β-amino-alcohol motifs (C(OH)–C–C–N with tert-alkyl or cyclic N) is 1. The number of nitrogens with zero attached hydrogens (tertiary/aromatic N) is 2. The molecular formula is C13H14ClN3O2. The number of rotatable bonds is 2. The Hall–Kier alpha value is -1.77. The highest BCUT2D eigenvalue weighted by atomic mass is 35.5. The first kappa shape index (κ1) is 13.7. The minimum Gasteiger partial charge on any atom is -0.378 e. The van der Waals surface area contributed by atoms with E-state index in [9.17, 15) is 9.90 Å². The summed E-state index contributed by atoms with van der Waals surface area (Å²) in [4.78, 5) is 13.1. The zero-order valence-electron chi connectivity index (χ0n) is 10.3. The summed E-state index contributed by atoms with van der Waals surface area (Å²) in [6.45, 7) is 0.724. The minimum absolute atomic E-state index is 0.0807. The Balaban J connectivity index is 2.35. The monoisotopic (exact) mass is 279 g/mol. The molecule has 0 radical (unpaired) electrons. The molecule has 2 rings (SSSR count). The van der Waals surface area contributed by atoms with Crippen LogP contribution in [0, 0.1) is 11.3 Å². The number of hydrogen-bond acceptors (Lipinski definition) is 4. The minimum atomic E-state index is -1.55. The van der Waals surface area contributed by atoms with Gasteiger partial charge in [-0.05, 0) is 31.0 Å². The molecule has 1 heterocycles. The van der Waals surface area contributed by atoms with Crippen LogP contribution in [0.15, 0.2) is 18.2 Å². The van der Waals surface area contributed by atoms with Crippen molar-refractivity contribution in [3.8, 4) is 6.07 Å². The Kier molecular flexibility index (Phi) is 3.65. The maximum atomic E-state index is 11.3. The van der Waals surface area contributed by atoms with E-state index in [0.29, 0.717) is 35.7 Å². The fourth-order valence-corrected chi connectivity index (χ4v) is 2.47. The van der Waals surface area contributed by atoms with E-state index in [1.807, 2.05) is 0 Å². The second kappa shape index (κ2) is 5.08. The van der Waals surface area contributed by atoms with Gasteiger partial charge in [-0.1, -0.05) is 11.6 Å². The Morgan fingerprint density at radius 2 is 2.32 bits per heavy atom. The topological polar surface area (TPSA) is 90.3 Å². The molecule has 0 aromatic heterocycles. The smallest absolute Gasteiger partial charge is 0.251 e. The van der Waals surface area contributed by atoms with Crippen LogP contribution >= 0.6 is 11.6 Å². The molecule has 0 spiro atoms. The third-order valence-corrected chi connectivity index (χ3v) is 3.59. The van der Waals surface area contributed by atoms with Crippen LogP contribution in [0.3, 0.4) is 0 Å². The van der Waals surface area contributed by atoms with Gasteiger partial charge in [0.15, 0.2) is 5.60 Å². The number of anilines is 1. The molecule has 1 aliphatic rings. The molecule has 0 saturated carbocycles. The third-order valence-electron chi connectivity index (χ3n) is 3.35. The summed E-state index contributed by atoms with van der Waals surface area (Å²) < 4.78 is 0. The Morgan fingerprint density at radius 3 is 2.95 bits per heavy atom. The molecule has 0 unspecified atom stereocenters. The SMILES string of the molecule is N#Cc1ccc(Cl)cc1N1CCC[C@@](O)(C(N)=O)C1. The van der Waals surface area contributed by atoms with Gasteiger partial charge in [-0.25, -0.2) is 0 Å². The average Bonchev–Trinajstić information content (AvgIpc) is 2.38. The van der Waals surface area contributed by atoms with Crippen molar-refractivity contribution in [2.75, 3.05) is 18.0 Å². The van der Waals surface area contributed by atoms with Gasteiger partial charge in [0.1, 0.15) is 6.07 Å². The Labute approximate surface area is 116 Å². The highest BCUT2D eigenvalue weighted by molar-refractivity contribution is 6.30. The van der Waals surface area contributed by atoms with E-state index in [-0.39, 0.29) is 6.54 Å². The zero-order chi connectivity index (χ0) is 14.0. The maximum absolute atomic E-state index is 11.3. The molecule has 19 heavy (non-hydrogen) atoms. The van der Waals surface area contributed by atoms with Crippen molar-refractivity contribution in [1.82, 2.24) is 0 Å². The average molecular weight is 280 g/mol. The van der Waals surface area contributed by atoms with Crippen LogP contribution in [0.5, 0.6) is 0 Å². The van der Waals surface area contributed by atoms with Crippen LogP contribution in [0.2, 0.25) is 5.02 Å². The summed E-state index contributed by atoms with van der Waals surface area (Å²) in [7, 11) is 0. The lowest BCUT2D eigenvalue weighted by Crippen LogP contribution is -2.56. The summed E-state index contributed by atoms with van der Waals surface area (Å²) in [5.41, 5.74) is 4.76. The van der Waals surface area contributed by atoms with E-state index in [2.05, 4.69) is 6.07 Å². The van der Waals surface area contributed by atoms with E-state index < -0.39 is 11.5 Å². The molecule has 6 heteroatoms. The van der Waals surface area contributed by atoms with Crippen LogP contribution in [0.4, 0.5) is 5.69 Å². The fraction of sp³-hybridized carbons (Fsp3) is 0.385. The summed E-state index contributed by atoms with van der Waals surface area (Å²) in [5, 5.41) is 19.8. The van der Waals surface area contributed by atoms with Crippen molar-refractivity contribution >= 4 is 23.2 Å². The first-order valence-electron chi connectivity index (χ1n) is 5.93. The van der Waals surface area contributed by atoms with Crippen molar-refractivity contribution in [2.24, 2.45) is 5.73 Å². The highest BCUT2D eigenvalue weighted by Gasteiger charge is 2.39. The molecule has 1 atom stereocenters. The first-order valence-corrected chi connectivity index (χ1v) is 6.31. The number of halogens is 1. The summed E-state index contributed by atoms with van der Waals surface area (Å²) >= 11 is 5.94. The quantitative estimate of drug-likeness (QED) is 0.846. The number of nitrogens with two attached hydrogens (primary N) is 1. The standard InChI is InChI=1S/C13H14ClN3O2/c14-10-3-2-9(7-15)11(6-10)17-5-1-4-13(19,8-17)12(16)18/h2-3,6,19H,1,4-5,8H2,(H2,16,18)/t13-/m0/s1. The van der Waals surface area contributed by atoms with Crippen LogP contribution in [-0.2, 0) is 4.79 Å². The van der Waals surface area contributed by atoms with Gasteiger partial charge in [0, 0.05) is 11.6 Å². The predicted octanol–water partition coefficient (Wildman–Crippen LogP) is 1.03. The molecule has 100 valence electrons. The van der Waals surface area contributed by atoms with Gasteiger partial charge in [0.2, 0.25) is 0 Å². The predicted molar refractivity (Wildman–Crippen MR) is 71.8 cm³/mol. The van der Waals surface area contributed by atoms with Gasteiger partial charge < -0.3 is 15.7 Å². The van der Waals surface area contributed by atoms with Crippen molar-refractivity contribution in [3.63, 3.8) is 0 Å². The number of aliphatic hydroxyl groups is 1. The summed E-state index contributed by atoms with van der Waals surface area (Å²) in [6.07, 6.45) is 0.956. The first-order chi connectivity index (χ1) is 8.96. The number of hydrogen-bond donors (Lipinski definition) is 2. The Morgan fingerprint density at radius 1 is 1.58 bits per heavy atom. The van der Waals surface area contributed by atoms with Crippen LogP contribution < -0.4 is 10.6 Å². The van der Waals surface area contributed by atoms with Crippen molar-refractivity contribution in [3.05, 3.63) is 28.8 Å². The van der Waals surface area contributed by atoms with E-state index in [4.69, 9.17) is 22.6 Å². The molecule has 1 aromatic rings. The molecule has 0 bridgehead atoms. The molecule has 5 nitrogen and oxygen atoms in total. The van der Waals surface area contributed by atoms with Gasteiger partial charge in [-0.2, -0.15) is 5.26 Å². The highest BCUT2D eigenvalue weighted by Crippen LogP contribution is 2.30. The van der Waals surface area contributed by atoms with Gasteiger partial charge in [0.25, 0.3) is 5.91 Å². The maximum Gasteiger partial charge on any atom is 0.251 e. The number of primary amides is 1. The molecule has 1 fully saturated rings. The fourth-order valence-electron chi connectivity index (χ4n) is 2.30. The van der Waals surface area contributed by atoms with Gasteiger partial charge in [-0.3, -0.25) is 4.79 Å². The van der Waals surface area contributed by atoms with E-state index in [1.165, 1.54) is 0 Å². The molecule has 1 saturated heterocycles. The second-order valence-electron chi connectivity index (χ2n) is 4.69. The lowest BCUT2D eigenvalue weighted by Gasteiger charge is -2.38. The van der Waals surface area contributed by atoms with E-state index in [1.54, 1.807) is 23.1 Å². The van der Waals surface area contributed by atoms with Crippen LogP contribution in [0.25, 0.3) is 0 Å². The number of carbonyl (C=O) groups is 1. The molecule has 1 amide bonds. The molecular weight excluding hydrogens is 266 g/mol. The number of nitriles is 1. The number of carbonyl (C=O) groups excluding carboxylic acids is 1. The van der Waals surface area contributed by atoms with Crippen LogP contribution in [-0.4, -0.2) is 29.7 Å². The molecule has 0 aliphatic carbocycles. The Bertz CT molecular complexity index is 555. The second-order valence-corrected chi connectivity index (χ2v) is 5.13. The summed E-state index contributed by atoms with van der Waals surface area (Å²) in [6, 6.07) is 6.99. The molecule has 1 aromatic carbocycles. The number of benzene rings is 1. The largest absolute Gasteiger partial charge is 0.378 e. The number of piperidine rings is 1. The normalized spacial score (nSPS) is 22.9. The lowest BCUT2D eigenvalue weighted by atomic mass is 9.91. The van der Waals surface area contributed by atoms with Crippen molar-refractivity contribution in [1.29, 1.82) is 5.26 Å². The van der Waals surface area contributed by atoms with Crippen LogP contribution in [0.1, 0.15) is 18.4 Å². The van der Waals surface area contributed by atoms with Gasteiger partial charge >= 0.3 is 0 Å². The third kappa shape index (κ3) is 2.65. The molecule has 3 N–H and O–H groups in total. The molecule has 1 aliphatic heterocycles. The lowest BCUT2D eigenvalue weighted by molar-refractivity contribution is -0.137. The summed E-state index contributed by atoms with van der Waals surface area (Å²) in [5.74, 6) is -0.738. The number of amides is 1. The van der Waals surface area contributed by atoms with Crippen molar-refractivity contribution in [2.45, 2.75) is 18.4 Å². The van der Waals surface area contributed by atoms with E-state index in [0.717, 1.165) is 0 Å². The zero-order valence-corrected chi connectivity index (χ0v) is 11.0. The van der Waals surface area contributed by atoms with E-state index >= 15 is 0 Å². The van der Waals surface area contributed by atoms with Crippen molar-refractivity contribution < 1.29 is 9.90 Å². The van der Waals surface area contributed by atoms with Gasteiger partial charge in [0.05, 0.1) is 17.8 Å². The van der Waals surface area contributed by atoms with Gasteiger partial charge in [-0.15, -0.1) is 0 Å².